The summed E-state index contributed by atoms with van der Waals surface area (Å²) in [4.78, 5) is 36.8. The normalized spacial score (nSPS) is 11.0. The number of rotatable bonds is 10. The maximum atomic E-state index is 12.9. The molecule has 0 aliphatic heterocycles. The first-order chi connectivity index (χ1) is 19.8. The molecule has 6 nitrogen and oxygen atoms in total. The zero-order chi connectivity index (χ0) is 28.9. The van der Waals surface area contributed by atoms with E-state index in [0.717, 1.165) is 33.3 Å². The Morgan fingerprint density at radius 1 is 0.805 bits per heavy atom. The molecule has 41 heavy (non-hydrogen) atoms. The van der Waals surface area contributed by atoms with Crippen LogP contribution in [0.2, 0.25) is 0 Å². The number of benzene rings is 4. The van der Waals surface area contributed by atoms with Gasteiger partial charge in [0.2, 0.25) is 0 Å². The zero-order valence-corrected chi connectivity index (χ0v) is 23.2. The maximum absolute atomic E-state index is 12.9. The van der Waals surface area contributed by atoms with Crippen molar-refractivity contribution in [3.8, 4) is 11.1 Å². The highest BCUT2D eigenvalue weighted by molar-refractivity contribution is 5.99. The second kappa shape index (κ2) is 12.0. The number of amides is 1. The Morgan fingerprint density at radius 2 is 1.51 bits per heavy atom. The highest BCUT2D eigenvalue weighted by Crippen LogP contribution is 2.29. The van der Waals surface area contributed by atoms with Gasteiger partial charge in [0.1, 0.15) is 0 Å². The topological polar surface area (TPSA) is 88.4 Å². The Balaban J connectivity index is 1.27. The van der Waals surface area contributed by atoms with Crippen LogP contribution in [0.3, 0.4) is 0 Å². The molecule has 206 valence electrons. The van der Waals surface area contributed by atoms with Gasteiger partial charge in [-0.3, -0.25) is 9.59 Å². The van der Waals surface area contributed by atoms with E-state index in [-0.39, 0.29) is 17.3 Å². The van der Waals surface area contributed by atoms with Gasteiger partial charge < -0.3 is 15.0 Å². The van der Waals surface area contributed by atoms with Crippen LogP contribution in [0.1, 0.15) is 60.7 Å². The van der Waals surface area contributed by atoms with E-state index in [4.69, 9.17) is 0 Å². The Bertz CT molecular complexity index is 1730. The number of aryl methyl sites for hydroxylation is 1. The molecule has 0 bridgehead atoms. The fourth-order valence-corrected chi connectivity index (χ4v) is 5.21. The quantitative estimate of drug-likeness (QED) is 0.145. The third-order valence-electron chi connectivity index (χ3n) is 7.63. The molecule has 0 saturated carbocycles. The summed E-state index contributed by atoms with van der Waals surface area (Å²) in [7, 11) is 0. The summed E-state index contributed by atoms with van der Waals surface area (Å²) in [5.74, 6) is -1.02. The molecular weight excluding hydrogens is 512 g/mol. The fourth-order valence-electron chi connectivity index (χ4n) is 5.21. The van der Waals surface area contributed by atoms with E-state index in [1.54, 1.807) is 12.1 Å². The number of hydrogen-bond donors (Lipinski definition) is 2. The van der Waals surface area contributed by atoms with Crippen LogP contribution in [-0.2, 0) is 6.54 Å². The Hall–Kier alpha value is -4.97. The summed E-state index contributed by atoms with van der Waals surface area (Å²) in [6.45, 7) is 5.23. The van der Waals surface area contributed by atoms with Crippen LogP contribution in [0.4, 0.5) is 0 Å². The summed E-state index contributed by atoms with van der Waals surface area (Å²) in [5.41, 5.74) is 7.50. The highest BCUT2D eigenvalue weighted by Gasteiger charge is 2.15. The first-order valence-corrected chi connectivity index (χ1v) is 13.7. The first-order valence-electron chi connectivity index (χ1n) is 13.7. The van der Waals surface area contributed by atoms with Crippen LogP contribution in [0.15, 0.2) is 97.1 Å². The molecule has 5 rings (SSSR count). The van der Waals surface area contributed by atoms with E-state index in [2.05, 4.69) is 23.7 Å². The number of carbonyl (C=O) groups excluding carboxylic acids is 2. The molecule has 0 radical (unpaired) electrons. The number of carboxylic acids is 1. The SMILES string of the molecule is Cc1c(C)n(Cc2ccc(-c3ccccc3C(=O)O)cc2)c2ccc(C(=O)NCCCC(=O)c3ccccc3)cc12. The van der Waals surface area contributed by atoms with Gasteiger partial charge in [0.05, 0.1) is 5.56 Å². The molecule has 0 aliphatic carbocycles. The molecule has 0 saturated heterocycles. The van der Waals surface area contributed by atoms with Gasteiger partial charge in [0.25, 0.3) is 5.91 Å². The van der Waals surface area contributed by atoms with Gasteiger partial charge >= 0.3 is 5.97 Å². The lowest BCUT2D eigenvalue weighted by atomic mass is 9.99. The average Bonchev–Trinajstić information content (AvgIpc) is 3.24. The summed E-state index contributed by atoms with van der Waals surface area (Å²) >= 11 is 0. The highest BCUT2D eigenvalue weighted by atomic mass is 16.4. The molecule has 0 fully saturated rings. The van der Waals surface area contributed by atoms with Gasteiger partial charge in [-0.2, -0.15) is 0 Å². The largest absolute Gasteiger partial charge is 0.478 e. The standard InChI is InChI=1S/C35H32N2O4/c1-23-24(2)37(22-25-14-16-26(17-15-25)29-11-6-7-12-30(29)35(40)41)32-19-18-28(21-31(23)32)34(39)36-20-8-13-33(38)27-9-4-3-5-10-27/h3-7,9-12,14-19,21H,8,13,20,22H2,1-2H3,(H,36,39)(H,40,41). The van der Waals surface area contributed by atoms with Crippen molar-refractivity contribution in [2.45, 2.75) is 33.2 Å². The summed E-state index contributed by atoms with van der Waals surface area (Å²) < 4.78 is 2.24. The maximum Gasteiger partial charge on any atom is 0.336 e. The molecular formula is C35H32N2O4. The minimum atomic E-state index is -0.944. The van der Waals surface area contributed by atoms with E-state index in [1.165, 1.54) is 0 Å². The van der Waals surface area contributed by atoms with Gasteiger partial charge in [-0.25, -0.2) is 4.79 Å². The molecule has 4 aromatic carbocycles. The van der Waals surface area contributed by atoms with Crippen molar-refractivity contribution in [1.82, 2.24) is 9.88 Å². The van der Waals surface area contributed by atoms with Crippen LogP contribution in [0.5, 0.6) is 0 Å². The molecule has 6 heteroatoms. The zero-order valence-electron chi connectivity index (χ0n) is 23.2. The second-order valence-corrected chi connectivity index (χ2v) is 10.2. The lowest BCUT2D eigenvalue weighted by molar-refractivity contribution is 0.0697. The lowest BCUT2D eigenvalue weighted by Gasteiger charge is -2.11. The number of Topliss-reactive ketones (excluding diaryl/α,β-unsaturated/α-hetero) is 1. The van der Waals surface area contributed by atoms with Crippen molar-refractivity contribution < 1.29 is 19.5 Å². The first kappa shape index (κ1) is 27.6. The summed E-state index contributed by atoms with van der Waals surface area (Å²) in [6.07, 6.45) is 0.967. The van der Waals surface area contributed by atoms with Crippen LogP contribution < -0.4 is 5.32 Å². The summed E-state index contributed by atoms with van der Waals surface area (Å²) in [5, 5.41) is 13.5. The van der Waals surface area contributed by atoms with Gasteiger partial charge in [0, 0.05) is 47.2 Å². The monoisotopic (exact) mass is 544 g/mol. The van der Waals surface area contributed by atoms with Crippen molar-refractivity contribution in [3.05, 3.63) is 131 Å². The van der Waals surface area contributed by atoms with Gasteiger partial charge in [0.15, 0.2) is 5.78 Å². The third-order valence-corrected chi connectivity index (χ3v) is 7.63. The smallest absolute Gasteiger partial charge is 0.336 e. The van der Waals surface area contributed by atoms with Crippen molar-refractivity contribution >= 4 is 28.6 Å². The molecule has 0 aliphatic rings. The van der Waals surface area contributed by atoms with Crippen LogP contribution in [0.25, 0.3) is 22.0 Å². The molecule has 1 amide bonds. The predicted molar refractivity (Wildman–Crippen MR) is 162 cm³/mol. The third kappa shape index (κ3) is 5.97. The number of carboxylic acid groups (broad SMARTS) is 1. The number of aromatic carboxylic acids is 1. The fraction of sp³-hybridized carbons (Fsp3) is 0.171. The number of hydrogen-bond acceptors (Lipinski definition) is 3. The van der Waals surface area contributed by atoms with Crippen molar-refractivity contribution in [1.29, 1.82) is 0 Å². The molecule has 5 aromatic rings. The lowest BCUT2D eigenvalue weighted by Crippen LogP contribution is -2.24. The van der Waals surface area contributed by atoms with E-state index >= 15 is 0 Å². The molecule has 1 heterocycles. The Labute approximate surface area is 239 Å². The van der Waals surface area contributed by atoms with Crippen LogP contribution in [0, 0.1) is 13.8 Å². The van der Waals surface area contributed by atoms with Gasteiger partial charge in [-0.05, 0) is 66.8 Å². The number of carbonyl (C=O) groups is 3. The Morgan fingerprint density at radius 3 is 2.24 bits per heavy atom. The average molecular weight is 545 g/mol. The minimum Gasteiger partial charge on any atom is -0.478 e. The van der Waals surface area contributed by atoms with E-state index in [9.17, 15) is 19.5 Å². The van der Waals surface area contributed by atoms with E-state index in [0.29, 0.717) is 42.6 Å². The number of nitrogens with one attached hydrogen (secondary N) is 1. The van der Waals surface area contributed by atoms with Gasteiger partial charge in [-0.1, -0.05) is 72.8 Å². The number of aromatic nitrogens is 1. The van der Waals surface area contributed by atoms with E-state index in [1.807, 2.05) is 84.9 Å². The number of nitrogens with zero attached hydrogens (tertiary/aromatic N) is 1. The van der Waals surface area contributed by atoms with Crippen molar-refractivity contribution in [3.63, 3.8) is 0 Å². The Kier molecular flexibility index (Phi) is 8.11. The molecule has 0 atom stereocenters. The molecule has 0 spiro atoms. The number of ketones is 1. The molecule has 1 aromatic heterocycles. The van der Waals surface area contributed by atoms with Crippen molar-refractivity contribution in [2.75, 3.05) is 6.54 Å². The summed E-state index contributed by atoms with van der Waals surface area (Å²) in [6, 6.07) is 29.9. The van der Waals surface area contributed by atoms with Gasteiger partial charge in [-0.15, -0.1) is 0 Å². The predicted octanol–water partition coefficient (Wildman–Crippen LogP) is 7.06. The van der Waals surface area contributed by atoms with Crippen molar-refractivity contribution in [2.24, 2.45) is 0 Å². The molecule has 2 N–H and O–H groups in total. The minimum absolute atomic E-state index is 0.0772. The second-order valence-electron chi connectivity index (χ2n) is 10.2. The van der Waals surface area contributed by atoms with Crippen LogP contribution >= 0.6 is 0 Å². The number of fused-ring (bicyclic) bond motifs is 1. The van der Waals surface area contributed by atoms with E-state index < -0.39 is 5.97 Å². The van der Waals surface area contributed by atoms with Crippen LogP contribution in [-0.4, -0.2) is 33.9 Å². The molecule has 0 unspecified atom stereocenters.